The van der Waals surface area contributed by atoms with E-state index in [2.05, 4.69) is 20.7 Å². The Kier molecular flexibility index (Phi) is 6.65. The van der Waals surface area contributed by atoms with E-state index in [1.165, 1.54) is 13.3 Å². The molecular formula is C25H22N4O4. The number of nitrogens with one attached hydrogen (secondary N) is 2. The standard InChI is InChI=1S/C25H22N4O4/c1-32-23-12-6-10-19(24(23)30)15-26-29-25(31)22-14-21(27-28-22)18-9-5-11-20(13-18)33-16-17-7-3-2-4-8-17/h2-15,30H,16H2,1H3,(H,27,28)(H,29,31). The molecule has 166 valence electrons. The normalized spacial score (nSPS) is 10.8. The number of amides is 1. The maximum absolute atomic E-state index is 12.4. The van der Waals surface area contributed by atoms with Crippen LogP contribution < -0.4 is 14.9 Å². The number of H-pyrrole nitrogens is 1. The van der Waals surface area contributed by atoms with Crippen LogP contribution >= 0.6 is 0 Å². The van der Waals surface area contributed by atoms with Gasteiger partial charge in [-0.2, -0.15) is 10.2 Å². The van der Waals surface area contributed by atoms with Gasteiger partial charge in [-0.1, -0.05) is 48.5 Å². The molecule has 0 bridgehead atoms. The molecule has 0 saturated heterocycles. The third-order valence-corrected chi connectivity index (χ3v) is 4.82. The molecule has 8 nitrogen and oxygen atoms in total. The second-order valence-electron chi connectivity index (χ2n) is 7.07. The van der Waals surface area contributed by atoms with Crippen LogP contribution in [0.25, 0.3) is 11.3 Å². The van der Waals surface area contributed by atoms with Gasteiger partial charge in [0.05, 0.1) is 19.0 Å². The molecule has 0 fully saturated rings. The van der Waals surface area contributed by atoms with Crippen molar-refractivity contribution < 1.29 is 19.4 Å². The summed E-state index contributed by atoms with van der Waals surface area (Å²) < 4.78 is 10.9. The highest BCUT2D eigenvalue weighted by Crippen LogP contribution is 2.28. The highest BCUT2D eigenvalue weighted by Gasteiger charge is 2.11. The first-order valence-corrected chi connectivity index (χ1v) is 10.2. The molecule has 4 aromatic rings. The Balaban J connectivity index is 1.40. The van der Waals surface area contributed by atoms with Crippen LogP contribution in [0, 0.1) is 0 Å². The van der Waals surface area contributed by atoms with Gasteiger partial charge in [0.15, 0.2) is 11.5 Å². The number of hydrogen-bond acceptors (Lipinski definition) is 6. The SMILES string of the molecule is COc1cccc(C=NNC(=O)c2cc(-c3cccc(OCc4ccccc4)c3)n[nH]2)c1O. The summed E-state index contributed by atoms with van der Waals surface area (Å²) in [6, 6.07) is 24.0. The number of hydrogen-bond donors (Lipinski definition) is 3. The molecule has 4 rings (SSSR count). The van der Waals surface area contributed by atoms with Gasteiger partial charge in [-0.15, -0.1) is 0 Å². The first kappa shape index (κ1) is 21.6. The zero-order valence-electron chi connectivity index (χ0n) is 17.9. The lowest BCUT2D eigenvalue weighted by atomic mass is 10.1. The number of benzene rings is 3. The zero-order chi connectivity index (χ0) is 23.0. The van der Waals surface area contributed by atoms with Crippen LogP contribution in [0.4, 0.5) is 0 Å². The third kappa shape index (κ3) is 5.37. The van der Waals surface area contributed by atoms with Gasteiger partial charge in [0.2, 0.25) is 0 Å². The summed E-state index contributed by atoms with van der Waals surface area (Å²) in [5.41, 5.74) is 5.54. The van der Waals surface area contributed by atoms with Crippen LogP contribution in [-0.4, -0.2) is 34.5 Å². The smallest absolute Gasteiger partial charge is 0.289 e. The molecule has 0 unspecified atom stereocenters. The predicted octanol–water partition coefficient (Wildman–Crippen LogP) is 4.13. The van der Waals surface area contributed by atoms with Crippen molar-refractivity contribution in [2.75, 3.05) is 7.11 Å². The molecule has 0 aliphatic heterocycles. The fourth-order valence-electron chi connectivity index (χ4n) is 3.10. The van der Waals surface area contributed by atoms with Crippen molar-refractivity contribution in [1.82, 2.24) is 15.6 Å². The van der Waals surface area contributed by atoms with Crippen molar-refractivity contribution in [2.24, 2.45) is 5.10 Å². The number of ether oxygens (including phenoxy) is 2. The number of hydrazone groups is 1. The van der Waals surface area contributed by atoms with E-state index in [-0.39, 0.29) is 11.4 Å². The van der Waals surface area contributed by atoms with Crippen molar-refractivity contribution in [3.05, 3.63) is 95.7 Å². The van der Waals surface area contributed by atoms with E-state index in [0.29, 0.717) is 29.4 Å². The first-order chi connectivity index (χ1) is 16.1. The van der Waals surface area contributed by atoms with Gasteiger partial charge in [-0.25, -0.2) is 5.43 Å². The average Bonchev–Trinajstić information content (AvgIpc) is 3.35. The number of methoxy groups -OCH3 is 1. The molecule has 0 aliphatic carbocycles. The molecule has 0 saturated carbocycles. The minimum atomic E-state index is -0.469. The molecule has 33 heavy (non-hydrogen) atoms. The number of para-hydroxylation sites is 1. The third-order valence-electron chi connectivity index (χ3n) is 4.82. The van der Waals surface area contributed by atoms with Crippen LogP contribution in [0.1, 0.15) is 21.6 Å². The van der Waals surface area contributed by atoms with E-state index in [0.717, 1.165) is 11.1 Å². The molecule has 0 radical (unpaired) electrons. The highest BCUT2D eigenvalue weighted by atomic mass is 16.5. The van der Waals surface area contributed by atoms with Crippen LogP contribution in [-0.2, 0) is 6.61 Å². The van der Waals surface area contributed by atoms with Crippen molar-refractivity contribution >= 4 is 12.1 Å². The van der Waals surface area contributed by atoms with Crippen molar-refractivity contribution in [3.63, 3.8) is 0 Å². The van der Waals surface area contributed by atoms with Gasteiger partial charge in [-0.05, 0) is 35.9 Å². The number of nitrogens with zero attached hydrogens (tertiary/aromatic N) is 2. The lowest BCUT2D eigenvalue weighted by Gasteiger charge is -2.07. The minimum absolute atomic E-state index is 0.0591. The molecule has 0 spiro atoms. The Bertz CT molecular complexity index is 1270. The van der Waals surface area contributed by atoms with E-state index in [4.69, 9.17) is 9.47 Å². The molecule has 0 aliphatic rings. The van der Waals surface area contributed by atoms with E-state index >= 15 is 0 Å². The number of carbonyl (C=O) groups excluding carboxylic acids is 1. The molecule has 3 N–H and O–H groups in total. The van der Waals surface area contributed by atoms with Crippen LogP contribution in [0.2, 0.25) is 0 Å². The Morgan fingerprint density at radius 3 is 2.73 bits per heavy atom. The molecule has 3 aromatic carbocycles. The monoisotopic (exact) mass is 442 g/mol. The number of aromatic hydroxyl groups is 1. The van der Waals surface area contributed by atoms with E-state index in [9.17, 15) is 9.90 Å². The lowest BCUT2D eigenvalue weighted by Crippen LogP contribution is -2.18. The summed E-state index contributed by atoms with van der Waals surface area (Å²) in [7, 11) is 1.46. The number of carbonyl (C=O) groups is 1. The van der Waals surface area contributed by atoms with Gasteiger partial charge in [0, 0.05) is 11.1 Å². The maximum Gasteiger partial charge on any atom is 0.289 e. The molecule has 8 heteroatoms. The zero-order valence-corrected chi connectivity index (χ0v) is 17.9. The fourth-order valence-corrected chi connectivity index (χ4v) is 3.10. The van der Waals surface area contributed by atoms with Crippen molar-refractivity contribution in [1.29, 1.82) is 0 Å². The predicted molar refractivity (Wildman–Crippen MR) is 125 cm³/mol. The Morgan fingerprint density at radius 2 is 1.91 bits per heavy atom. The summed E-state index contributed by atoms with van der Waals surface area (Å²) >= 11 is 0. The summed E-state index contributed by atoms with van der Waals surface area (Å²) in [4.78, 5) is 12.4. The molecule has 1 heterocycles. The molecule has 1 aromatic heterocycles. The molecular weight excluding hydrogens is 420 g/mol. The first-order valence-electron chi connectivity index (χ1n) is 10.2. The van der Waals surface area contributed by atoms with Crippen LogP contribution in [0.3, 0.4) is 0 Å². The van der Waals surface area contributed by atoms with Gasteiger partial charge in [-0.3, -0.25) is 9.89 Å². The largest absolute Gasteiger partial charge is 0.504 e. The van der Waals surface area contributed by atoms with E-state index in [1.807, 2.05) is 54.6 Å². The second-order valence-corrected chi connectivity index (χ2v) is 7.07. The maximum atomic E-state index is 12.4. The highest BCUT2D eigenvalue weighted by molar-refractivity contribution is 5.94. The number of phenols is 1. The van der Waals surface area contributed by atoms with Crippen LogP contribution in [0.15, 0.2) is 84.0 Å². The Hall–Kier alpha value is -4.59. The number of phenolic OH excluding ortho intramolecular Hbond substituents is 1. The molecule has 1 amide bonds. The minimum Gasteiger partial charge on any atom is -0.504 e. The second kappa shape index (κ2) is 10.1. The summed E-state index contributed by atoms with van der Waals surface area (Å²) in [6.07, 6.45) is 1.33. The Labute approximate surface area is 190 Å². The lowest BCUT2D eigenvalue weighted by molar-refractivity contribution is 0.0950. The number of rotatable bonds is 8. The molecule has 0 atom stereocenters. The van der Waals surface area contributed by atoms with Gasteiger partial charge in [0.25, 0.3) is 5.91 Å². The fraction of sp³-hybridized carbons (Fsp3) is 0.0800. The topological polar surface area (TPSA) is 109 Å². The summed E-state index contributed by atoms with van der Waals surface area (Å²) in [6.45, 7) is 0.458. The summed E-state index contributed by atoms with van der Waals surface area (Å²) in [5, 5.41) is 20.9. The van der Waals surface area contributed by atoms with Crippen LogP contribution in [0.5, 0.6) is 17.2 Å². The van der Waals surface area contributed by atoms with Gasteiger partial charge in [0.1, 0.15) is 18.1 Å². The van der Waals surface area contributed by atoms with E-state index in [1.54, 1.807) is 24.3 Å². The average molecular weight is 442 g/mol. The van der Waals surface area contributed by atoms with Gasteiger partial charge >= 0.3 is 0 Å². The van der Waals surface area contributed by atoms with Crippen molar-refractivity contribution in [3.8, 4) is 28.5 Å². The quantitative estimate of drug-likeness (QED) is 0.281. The number of aromatic amines is 1. The summed E-state index contributed by atoms with van der Waals surface area (Å²) in [5.74, 6) is 0.492. The van der Waals surface area contributed by atoms with E-state index < -0.39 is 5.91 Å². The van der Waals surface area contributed by atoms with Gasteiger partial charge < -0.3 is 14.6 Å². The Morgan fingerprint density at radius 1 is 1.09 bits per heavy atom. The number of aromatic nitrogens is 2. The van der Waals surface area contributed by atoms with Crippen molar-refractivity contribution in [2.45, 2.75) is 6.61 Å².